The van der Waals surface area contributed by atoms with E-state index in [0.29, 0.717) is 24.2 Å². The van der Waals surface area contributed by atoms with Crippen molar-refractivity contribution in [1.29, 1.82) is 0 Å². The van der Waals surface area contributed by atoms with Gasteiger partial charge in [0.05, 0.1) is 18.4 Å². The van der Waals surface area contributed by atoms with Crippen molar-refractivity contribution < 1.29 is 23.1 Å². The summed E-state index contributed by atoms with van der Waals surface area (Å²) < 4.78 is 40.9. The van der Waals surface area contributed by atoms with Gasteiger partial charge in [0.25, 0.3) is 5.56 Å². The smallest absolute Gasteiger partial charge is 0.390 e. The molecule has 2 bridgehead atoms. The fourth-order valence-corrected chi connectivity index (χ4v) is 5.41. The van der Waals surface area contributed by atoms with Gasteiger partial charge in [0.1, 0.15) is 0 Å². The van der Waals surface area contributed by atoms with Crippen LogP contribution in [-0.2, 0) is 17.8 Å². The molecule has 2 aliphatic rings. The lowest BCUT2D eigenvalue weighted by atomic mass is 9.86. The van der Waals surface area contributed by atoms with Gasteiger partial charge in [-0.3, -0.25) is 19.5 Å². The lowest BCUT2D eigenvalue weighted by molar-refractivity contribution is -0.140. The second-order valence-corrected chi connectivity index (χ2v) is 9.01. The van der Waals surface area contributed by atoms with Crippen LogP contribution in [0.4, 0.5) is 13.2 Å². The normalized spacial score (nSPS) is 24.0. The van der Waals surface area contributed by atoms with Gasteiger partial charge >= 0.3 is 6.18 Å². The number of aromatic nitrogens is 2. The summed E-state index contributed by atoms with van der Waals surface area (Å²) in [6, 6.07) is 5.75. The van der Waals surface area contributed by atoms with Crippen molar-refractivity contribution in [1.82, 2.24) is 19.8 Å². The van der Waals surface area contributed by atoms with E-state index in [4.69, 9.17) is 0 Å². The van der Waals surface area contributed by atoms with E-state index in [1.54, 1.807) is 53.1 Å². The number of allylic oxidation sites excluding steroid dienone is 1. The second-order valence-electron chi connectivity index (χ2n) is 9.01. The fraction of sp³-hybridized carbons (Fsp3) is 0.480. The molecule has 4 rings (SSSR count). The average molecular weight is 491 g/mol. The van der Waals surface area contributed by atoms with Gasteiger partial charge in [0.15, 0.2) is 0 Å². The molecule has 0 unspecified atom stereocenters. The maximum Gasteiger partial charge on any atom is 0.390 e. The molecule has 188 valence electrons. The summed E-state index contributed by atoms with van der Waals surface area (Å²) in [5, 5.41) is 13.1. The van der Waals surface area contributed by atoms with Crippen LogP contribution in [0.3, 0.4) is 0 Å². The minimum absolute atomic E-state index is 0.125. The molecule has 4 heterocycles. The molecule has 2 N–H and O–H groups in total. The van der Waals surface area contributed by atoms with Crippen molar-refractivity contribution in [3.8, 4) is 0 Å². The Morgan fingerprint density at radius 3 is 2.66 bits per heavy atom. The minimum atomic E-state index is -4.36. The van der Waals surface area contributed by atoms with Gasteiger partial charge in [-0.05, 0) is 43.2 Å². The van der Waals surface area contributed by atoms with Crippen LogP contribution in [0.1, 0.15) is 36.2 Å². The average Bonchev–Trinajstić information content (AvgIpc) is 3.05. The third-order valence-electron chi connectivity index (χ3n) is 6.96. The van der Waals surface area contributed by atoms with Crippen LogP contribution >= 0.6 is 0 Å². The summed E-state index contributed by atoms with van der Waals surface area (Å²) in [7, 11) is 0. The van der Waals surface area contributed by atoms with Crippen molar-refractivity contribution >= 4 is 12.0 Å². The predicted octanol–water partition coefficient (Wildman–Crippen LogP) is 2.55. The molecular weight excluding hydrogens is 461 g/mol. The number of carbonyl (C=O) groups is 1. The van der Waals surface area contributed by atoms with Gasteiger partial charge in [-0.1, -0.05) is 12.2 Å². The molecule has 0 radical (unpaired) electrons. The molecule has 4 atom stereocenters. The summed E-state index contributed by atoms with van der Waals surface area (Å²) in [5.41, 5.74) is 1.72. The number of halogens is 3. The maximum atomic E-state index is 13.4. The number of nitrogens with zero attached hydrogens (tertiary/aromatic N) is 3. The number of nitrogens with one attached hydrogen (secondary N) is 1. The first kappa shape index (κ1) is 25.1. The van der Waals surface area contributed by atoms with E-state index in [1.807, 2.05) is 12.1 Å². The first-order chi connectivity index (χ1) is 16.7. The zero-order chi connectivity index (χ0) is 25.2. The molecule has 2 aliphatic heterocycles. The molecule has 0 saturated carbocycles. The Morgan fingerprint density at radius 2 is 2.00 bits per heavy atom. The van der Waals surface area contributed by atoms with E-state index >= 15 is 0 Å². The number of aliphatic hydroxyl groups is 1. The Balaban J connectivity index is 1.65. The number of amides is 1. The number of alkyl halides is 3. The molecule has 0 aliphatic carbocycles. The SMILES string of the molecule is C/C=C\c1ccc2n(c1=O)C[C@H]1[C@H](CO)[C@@H](C(=O)NCCc3ccncc3)[C@@H]2N1CCC(F)(F)F. The van der Waals surface area contributed by atoms with E-state index in [2.05, 4.69) is 10.3 Å². The molecule has 7 nitrogen and oxygen atoms in total. The van der Waals surface area contributed by atoms with Crippen molar-refractivity contribution in [2.45, 2.75) is 44.6 Å². The van der Waals surface area contributed by atoms with Gasteiger partial charge in [-0.25, -0.2) is 0 Å². The van der Waals surface area contributed by atoms with Gasteiger partial charge in [0.2, 0.25) is 5.91 Å². The quantitative estimate of drug-likeness (QED) is 0.594. The van der Waals surface area contributed by atoms with Crippen LogP contribution in [0.15, 0.2) is 47.5 Å². The Kier molecular flexibility index (Phi) is 7.42. The highest BCUT2D eigenvalue weighted by Crippen LogP contribution is 2.48. The Hall–Kier alpha value is -2.98. The third-order valence-corrected chi connectivity index (χ3v) is 6.96. The molecule has 35 heavy (non-hydrogen) atoms. The highest BCUT2D eigenvalue weighted by molar-refractivity contribution is 5.80. The number of pyridine rings is 2. The molecule has 10 heteroatoms. The first-order valence-corrected chi connectivity index (χ1v) is 11.7. The van der Waals surface area contributed by atoms with Crippen molar-refractivity contribution in [2.24, 2.45) is 11.8 Å². The van der Waals surface area contributed by atoms with E-state index in [9.17, 15) is 27.9 Å². The molecule has 1 amide bonds. The number of carbonyl (C=O) groups excluding carboxylic acids is 1. The number of rotatable bonds is 8. The number of fused-ring (bicyclic) bond motifs is 4. The topological polar surface area (TPSA) is 87.5 Å². The monoisotopic (exact) mass is 490 g/mol. The zero-order valence-corrected chi connectivity index (χ0v) is 19.4. The lowest BCUT2D eigenvalue weighted by Gasteiger charge is -2.38. The molecule has 0 spiro atoms. The van der Waals surface area contributed by atoms with E-state index in [0.717, 1.165) is 5.56 Å². The first-order valence-electron chi connectivity index (χ1n) is 11.7. The van der Waals surface area contributed by atoms with E-state index < -0.39 is 36.5 Å². The lowest BCUT2D eigenvalue weighted by Crippen LogP contribution is -2.47. The van der Waals surface area contributed by atoms with Crippen LogP contribution in [0.2, 0.25) is 0 Å². The molecule has 2 aromatic heterocycles. The maximum absolute atomic E-state index is 13.4. The third kappa shape index (κ3) is 5.18. The van der Waals surface area contributed by atoms with Crippen molar-refractivity contribution in [3.63, 3.8) is 0 Å². The van der Waals surface area contributed by atoms with Gasteiger partial charge in [0, 0.05) is 61.9 Å². The van der Waals surface area contributed by atoms with Gasteiger partial charge in [-0.15, -0.1) is 0 Å². The van der Waals surface area contributed by atoms with Crippen LogP contribution in [0.25, 0.3) is 6.08 Å². The van der Waals surface area contributed by atoms with Crippen LogP contribution in [0.5, 0.6) is 0 Å². The summed E-state index contributed by atoms with van der Waals surface area (Å²) in [4.78, 5) is 32.1. The zero-order valence-electron chi connectivity index (χ0n) is 19.4. The summed E-state index contributed by atoms with van der Waals surface area (Å²) >= 11 is 0. The predicted molar refractivity (Wildman–Crippen MR) is 124 cm³/mol. The second kappa shape index (κ2) is 10.3. The molecule has 0 aromatic carbocycles. The summed E-state index contributed by atoms with van der Waals surface area (Å²) in [6.07, 6.45) is 1.92. The molecule has 1 fully saturated rings. The minimum Gasteiger partial charge on any atom is -0.396 e. The molecule has 2 aromatic rings. The van der Waals surface area contributed by atoms with Crippen LogP contribution < -0.4 is 10.9 Å². The van der Waals surface area contributed by atoms with Gasteiger partial charge < -0.3 is 15.0 Å². The Bertz CT molecular complexity index is 1130. The number of aliphatic hydroxyl groups excluding tert-OH is 1. The number of hydrogen-bond donors (Lipinski definition) is 2. The Morgan fingerprint density at radius 1 is 1.26 bits per heavy atom. The molecular formula is C25H29F3N4O3. The molecule has 1 saturated heterocycles. The summed E-state index contributed by atoms with van der Waals surface area (Å²) in [6.45, 7) is 1.59. The summed E-state index contributed by atoms with van der Waals surface area (Å²) in [5.74, 6) is -1.71. The van der Waals surface area contributed by atoms with Crippen molar-refractivity contribution in [3.05, 3.63) is 69.9 Å². The highest BCUT2D eigenvalue weighted by atomic mass is 19.4. The highest BCUT2D eigenvalue weighted by Gasteiger charge is 2.56. The van der Waals surface area contributed by atoms with Crippen molar-refractivity contribution in [2.75, 3.05) is 19.7 Å². The van der Waals surface area contributed by atoms with E-state index in [1.165, 1.54) is 0 Å². The largest absolute Gasteiger partial charge is 0.396 e. The van der Waals surface area contributed by atoms with E-state index in [-0.39, 0.29) is 31.2 Å². The van der Waals surface area contributed by atoms with Crippen LogP contribution in [0, 0.1) is 11.8 Å². The number of hydrogen-bond acceptors (Lipinski definition) is 5. The standard InChI is InChI=1S/C25H29F3N4O3/c1-2-3-17-4-5-19-22-21(23(34)30-12-8-16-6-10-29-11-7-16)18(15-33)20(14-32(19)24(17)35)31(22)13-9-25(26,27)28/h2-7,10-11,18,20-22,33H,8-9,12-15H2,1H3,(H,30,34)/b3-2-/t18-,20-,21+,22+/m0/s1. The fourth-order valence-electron chi connectivity index (χ4n) is 5.41. The van der Waals surface area contributed by atoms with Crippen LogP contribution in [-0.4, -0.2) is 57.4 Å². The van der Waals surface area contributed by atoms with Gasteiger partial charge in [-0.2, -0.15) is 13.2 Å². The Labute approximate surface area is 201 Å².